The fraction of sp³-hybridized carbons (Fsp3) is 0.778. The summed E-state index contributed by atoms with van der Waals surface area (Å²) in [5, 5.41) is 8.29. The molecule has 0 fully saturated rings. The predicted octanol–water partition coefficient (Wildman–Crippen LogP) is 2.64. The Bertz CT molecular complexity index is 257. The molecule has 0 radical (unpaired) electrons. The average molecular weight is 293 g/mol. The van der Waals surface area contributed by atoms with E-state index in [0.29, 0.717) is 0 Å². The normalized spacial score (nSPS) is 10.7. The predicted molar refractivity (Wildman–Crippen MR) is 61.6 cm³/mol. The van der Waals surface area contributed by atoms with Crippen molar-refractivity contribution < 1.29 is 0 Å². The second-order valence-corrected chi connectivity index (χ2v) is 4.18. The lowest BCUT2D eigenvalue weighted by atomic mass is 10.3. The van der Waals surface area contributed by atoms with Crippen molar-refractivity contribution in [3.05, 3.63) is 9.39 Å². The first-order valence-electron chi connectivity index (χ1n) is 4.87. The molecule has 0 aliphatic carbocycles. The molecule has 1 rings (SSSR count). The first-order valence-corrected chi connectivity index (χ1v) is 5.95. The molecule has 0 bridgehead atoms. The number of unbranched alkanes of at least 4 members (excludes halogenated alkanes) is 1. The molecule has 13 heavy (non-hydrogen) atoms. The van der Waals surface area contributed by atoms with Gasteiger partial charge in [-0.2, -0.15) is 0 Å². The van der Waals surface area contributed by atoms with Gasteiger partial charge in [0.05, 0.1) is 5.69 Å². The minimum Gasteiger partial charge on any atom is -0.239 e. The molecule has 0 unspecified atom stereocenters. The topological polar surface area (TPSA) is 30.7 Å². The Hall–Kier alpha value is -0.130. The van der Waals surface area contributed by atoms with Crippen LogP contribution in [0.1, 0.15) is 38.8 Å². The van der Waals surface area contributed by atoms with Crippen molar-refractivity contribution in [2.45, 2.75) is 46.1 Å². The van der Waals surface area contributed by atoms with Crippen molar-refractivity contribution in [3.8, 4) is 0 Å². The Morgan fingerprint density at radius 1 is 1.31 bits per heavy atom. The zero-order chi connectivity index (χ0) is 9.68. The molecule has 74 valence electrons. The summed E-state index contributed by atoms with van der Waals surface area (Å²) in [5.41, 5.74) is 1.15. The lowest BCUT2D eigenvalue weighted by Crippen LogP contribution is -2.02. The van der Waals surface area contributed by atoms with E-state index in [0.717, 1.165) is 25.1 Å². The SMILES string of the molecule is CCCCn1nnc(CCC)c1I. The first-order chi connectivity index (χ1) is 6.29. The van der Waals surface area contributed by atoms with Crippen LogP contribution in [-0.4, -0.2) is 15.0 Å². The number of aryl methyl sites for hydroxylation is 2. The van der Waals surface area contributed by atoms with Crippen LogP contribution in [0.3, 0.4) is 0 Å². The van der Waals surface area contributed by atoms with Crippen LogP contribution in [0.2, 0.25) is 0 Å². The maximum atomic E-state index is 4.16. The molecule has 0 saturated carbocycles. The third kappa shape index (κ3) is 2.93. The maximum Gasteiger partial charge on any atom is 0.122 e. The molecule has 0 aromatic carbocycles. The number of nitrogens with zero attached hydrogens (tertiary/aromatic N) is 3. The van der Waals surface area contributed by atoms with Gasteiger partial charge in [-0.25, -0.2) is 4.68 Å². The average Bonchev–Trinajstić information content (AvgIpc) is 2.46. The fourth-order valence-electron chi connectivity index (χ4n) is 1.18. The van der Waals surface area contributed by atoms with Gasteiger partial charge in [-0.3, -0.25) is 0 Å². The minimum atomic E-state index is 1.01. The van der Waals surface area contributed by atoms with Gasteiger partial charge in [0.2, 0.25) is 0 Å². The van der Waals surface area contributed by atoms with E-state index >= 15 is 0 Å². The van der Waals surface area contributed by atoms with E-state index in [4.69, 9.17) is 0 Å². The monoisotopic (exact) mass is 293 g/mol. The van der Waals surface area contributed by atoms with Crippen LogP contribution < -0.4 is 0 Å². The van der Waals surface area contributed by atoms with E-state index in [2.05, 4.69) is 46.8 Å². The summed E-state index contributed by atoms with van der Waals surface area (Å²) in [6, 6.07) is 0. The van der Waals surface area contributed by atoms with Crippen molar-refractivity contribution >= 4 is 22.6 Å². The van der Waals surface area contributed by atoms with Crippen molar-refractivity contribution in [1.82, 2.24) is 15.0 Å². The van der Waals surface area contributed by atoms with Gasteiger partial charge in [0.15, 0.2) is 0 Å². The lowest BCUT2D eigenvalue weighted by Gasteiger charge is -1.99. The highest BCUT2D eigenvalue weighted by Crippen LogP contribution is 2.11. The highest BCUT2D eigenvalue weighted by Gasteiger charge is 2.07. The van der Waals surface area contributed by atoms with Crippen LogP contribution in [-0.2, 0) is 13.0 Å². The van der Waals surface area contributed by atoms with Gasteiger partial charge in [0, 0.05) is 6.54 Å². The molecule has 1 aromatic rings. The van der Waals surface area contributed by atoms with Gasteiger partial charge in [0.1, 0.15) is 3.70 Å². The molecular weight excluding hydrogens is 277 g/mol. The highest BCUT2D eigenvalue weighted by molar-refractivity contribution is 14.1. The van der Waals surface area contributed by atoms with E-state index in [1.54, 1.807) is 0 Å². The van der Waals surface area contributed by atoms with E-state index < -0.39 is 0 Å². The van der Waals surface area contributed by atoms with Crippen LogP contribution in [0.15, 0.2) is 0 Å². The summed E-state index contributed by atoms with van der Waals surface area (Å²) >= 11 is 2.34. The molecule has 4 heteroatoms. The third-order valence-electron chi connectivity index (χ3n) is 1.95. The quantitative estimate of drug-likeness (QED) is 0.781. The fourth-order valence-corrected chi connectivity index (χ4v) is 1.89. The number of aromatic nitrogens is 3. The zero-order valence-electron chi connectivity index (χ0n) is 8.26. The number of rotatable bonds is 5. The Labute approximate surface area is 93.0 Å². The number of hydrogen-bond acceptors (Lipinski definition) is 2. The summed E-state index contributed by atoms with van der Waals surface area (Å²) in [6.07, 6.45) is 4.58. The summed E-state index contributed by atoms with van der Waals surface area (Å²) in [5.74, 6) is 0. The van der Waals surface area contributed by atoms with Crippen molar-refractivity contribution in [2.24, 2.45) is 0 Å². The highest BCUT2D eigenvalue weighted by atomic mass is 127. The third-order valence-corrected chi connectivity index (χ3v) is 3.13. The molecular formula is C9H16IN3. The molecule has 0 atom stereocenters. The summed E-state index contributed by atoms with van der Waals surface area (Å²) < 4.78 is 3.22. The van der Waals surface area contributed by atoms with Crippen LogP contribution in [0, 0.1) is 3.70 Å². The Morgan fingerprint density at radius 2 is 2.08 bits per heavy atom. The van der Waals surface area contributed by atoms with Crippen LogP contribution in [0.25, 0.3) is 0 Å². The van der Waals surface area contributed by atoms with E-state index in [1.165, 1.54) is 16.5 Å². The second kappa shape index (κ2) is 5.57. The smallest absolute Gasteiger partial charge is 0.122 e. The van der Waals surface area contributed by atoms with E-state index in [-0.39, 0.29) is 0 Å². The molecule has 0 spiro atoms. The van der Waals surface area contributed by atoms with Gasteiger partial charge >= 0.3 is 0 Å². The standard InChI is InChI=1S/C9H16IN3/c1-3-5-7-13-9(10)8(6-4-2)11-12-13/h3-7H2,1-2H3. The second-order valence-electron chi connectivity index (χ2n) is 3.15. The molecule has 3 nitrogen and oxygen atoms in total. The molecule has 1 heterocycles. The molecule has 0 amide bonds. The largest absolute Gasteiger partial charge is 0.239 e. The van der Waals surface area contributed by atoms with Gasteiger partial charge in [-0.05, 0) is 35.4 Å². The minimum absolute atomic E-state index is 1.01. The van der Waals surface area contributed by atoms with Crippen molar-refractivity contribution in [1.29, 1.82) is 0 Å². The number of hydrogen-bond donors (Lipinski definition) is 0. The van der Waals surface area contributed by atoms with Crippen LogP contribution in [0.4, 0.5) is 0 Å². The molecule has 0 aliphatic heterocycles. The molecule has 0 N–H and O–H groups in total. The van der Waals surface area contributed by atoms with Crippen LogP contribution >= 0.6 is 22.6 Å². The molecule has 1 aromatic heterocycles. The zero-order valence-corrected chi connectivity index (χ0v) is 10.4. The Morgan fingerprint density at radius 3 is 2.69 bits per heavy atom. The number of halogens is 1. The first kappa shape index (κ1) is 10.9. The summed E-state index contributed by atoms with van der Waals surface area (Å²) in [7, 11) is 0. The molecule has 0 saturated heterocycles. The van der Waals surface area contributed by atoms with E-state index in [9.17, 15) is 0 Å². The van der Waals surface area contributed by atoms with Crippen molar-refractivity contribution in [2.75, 3.05) is 0 Å². The van der Waals surface area contributed by atoms with Gasteiger partial charge in [-0.1, -0.05) is 31.9 Å². The van der Waals surface area contributed by atoms with Crippen molar-refractivity contribution in [3.63, 3.8) is 0 Å². The summed E-state index contributed by atoms with van der Waals surface area (Å²) in [4.78, 5) is 0. The maximum absolute atomic E-state index is 4.16. The van der Waals surface area contributed by atoms with Gasteiger partial charge in [-0.15, -0.1) is 5.10 Å². The summed E-state index contributed by atoms with van der Waals surface area (Å²) in [6.45, 7) is 5.36. The van der Waals surface area contributed by atoms with Crippen LogP contribution in [0.5, 0.6) is 0 Å². The van der Waals surface area contributed by atoms with Gasteiger partial charge in [0.25, 0.3) is 0 Å². The van der Waals surface area contributed by atoms with E-state index in [1.807, 2.05) is 4.68 Å². The Balaban J connectivity index is 2.62. The lowest BCUT2D eigenvalue weighted by molar-refractivity contribution is 0.543. The molecule has 0 aliphatic rings. The Kier molecular flexibility index (Phi) is 4.69. The van der Waals surface area contributed by atoms with Gasteiger partial charge < -0.3 is 0 Å².